The van der Waals surface area contributed by atoms with Crippen LogP contribution in [0.2, 0.25) is 5.02 Å². The maximum absolute atomic E-state index is 13.5. The van der Waals surface area contributed by atoms with Crippen molar-refractivity contribution in [3.8, 4) is 11.3 Å². The number of carbonyl (C=O) groups is 4. The molecule has 3 aromatic rings. The van der Waals surface area contributed by atoms with Crippen molar-refractivity contribution in [3.05, 3.63) is 76.3 Å². The van der Waals surface area contributed by atoms with Crippen LogP contribution in [-0.2, 0) is 21.4 Å². The van der Waals surface area contributed by atoms with Crippen molar-refractivity contribution in [1.29, 1.82) is 5.41 Å². The molecular formula is C40H55ClN9O5+. The van der Waals surface area contributed by atoms with Gasteiger partial charge in [0.1, 0.15) is 0 Å². The van der Waals surface area contributed by atoms with E-state index in [4.69, 9.17) is 27.5 Å². The third kappa shape index (κ3) is 10.8. The maximum Gasteiger partial charge on any atom is 0.291 e. The predicted molar refractivity (Wildman–Crippen MR) is 215 cm³/mol. The molecule has 0 bridgehead atoms. The smallest absolute Gasteiger partial charge is 0.291 e. The number of carbonyl (C=O) groups excluding carboxylic acids is 4. The number of anilines is 1. The number of nitrogens with two attached hydrogens (primary N) is 1. The molecule has 0 saturated carbocycles. The summed E-state index contributed by atoms with van der Waals surface area (Å²) in [6, 6.07) is 12.6. The van der Waals surface area contributed by atoms with Crippen molar-refractivity contribution >= 4 is 52.2 Å². The van der Waals surface area contributed by atoms with Gasteiger partial charge >= 0.3 is 0 Å². The summed E-state index contributed by atoms with van der Waals surface area (Å²) < 4.78 is 6.93. The minimum atomic E-state index is -0.438. The predicted octanol–water partition coefficient (Wildman–Crippen LogP) is 3.04. The summed E-state index contributed by atoms with van der Waals surface area (Å²) in [4.78, 5) is 62.2. The topological polar surface area (TPSA) is 171 Å². The number of methoxy groups -OCH3 is 1. The van der Waals surface area contributed by atoms with Crippen LogP contribution in [0.1, 0.15) is 60.2 Å². The highest BCUT2D eigenvalue weighted by atomic mass is 35.5. The monoisotopic (exact) mass is 776 g/mol. The number of hydrogen-bond acceptors (Lipinski definition) is 8. The van der Waals surface area contributed by atoms with Gasteiger partial charge in [-0.3, -0.25) is 19.2 Å². The number of halogens is 1. The highest BCUT2D eigenvalue weighted by Gasteiger charge is 2.30. The molecule has 1 saturated heterocycles. The molecule has 2 aromatic carbocycles. The first-order valence-electron chi connectivity index (χ1n) is 18.5. The standard InChI is InChI=1S/C40H54ClN9O5/c1-8-28(15-16-46(4)25-35(43)51)39(53)49-17-19-50(20-18-49)40(54)32-14-13-31(23-33(32)41)45-38(52)37-44-24-34(48(37)6)29-9-11-30(12-10-29)36(26(2)42)27(3)47(5)21-22-55-7/h9-14,23-24,28,42H,8,15-22,25H2,1-7H3,(H2,43,51)(H,45,52)/p+1/b36-27+,42-26?. The Morgan fingerprint density at radius 1 is 1.07 bits per heavy atom. The average Bonchev–Trinajstić information content (AvgIpc) is 3.54. The molecule has 4 rings (SSSR count). The van der Waals surface area contributed by atoms with Gasteiger partial charge in [0.15, 0.2) is 12.4 Å². The van der Waals surface area contributed by atoms with Crippen LogP contribution in [0.3, 0.4) is 0 Å². The van der Waals surface area contributed by atoms with Crippen LogP contribution in [-0.4, -0.2) is 127 Å². The van der Waals surface area contributed by atoms with Gasteiger partial charge in [0.05, 0.1) is 42.7 Å². The number of piperazine rings is 1. The lowest BCUT2D eigenvalue weighted by Crippen LogP contribution is -3.10. The molecule has 2 heterocycles. The number of quaternary nitrogens is 1. The van der Waals surface area contributed by atoms with Gasteiger partial charge in [-0.2, -0.15) is 0 Å². The molecule has 296 valence electrons. The summed E-state index contributed by atoms with van der Waals surface area (Å²) in [5.41, 5.74) is 10.8. The molecular weight excluding hydrogens is 722 g/mol. The largest absolute Gasteiger partial charge is 0.383 e. The van der Waals surface area contributed by atoms with Gasteiger partial charge < -0.3 is 45.4 Å². The third-order valence-corrected chi connectivity index (χ3v) is 10.5. The number of likely N-dealkylation sites (N-methyl/N-ethyl adjacent to an activating group) is 2. The number of nitrogens with one attached hydrogen (secondary N) is 3. The molecule has 1 fully saturated rings. The number of hydrogen-bond donors (Lipinski definition) is 4. The van der Waals surface area contributed by atoms with Crippen molar-refractivity contribution in [2.24, 2.45) is 18.7 Å². The van der Waals surface area contributed by atoms with E-state index < -0.39 is 5.91 Å². The summed E-state index contributed by atoms with van der Waals surface area (Å²) in [6.07, 6.45) is 2.99. The number of allylic oxidation sites excluding steroid dienone is 2. The summed E-state index contributed by atoms with van der Waals surface area (Å²) in [5.74, 6) is -0.957. The number of nitrogens with zero attached hydrogens (tertiary/aromatic N) is 5. The summed E-state index contributed by atoms with van der Waals surface area (Å²) >= 11 is 6.59. The zero-order valence-corrected chi connectivity index (χ0v) is 33.8. The number of amides is 4. The molecule has 1 aromatic heterocycles. The first kappa shape index (κ1) is 42.7. The van der Waals surface area contributed by atoms with Crippen molar-refractivity contribution in [2.75, 3.05) is 78.9 Å². The number of primary amides is 1. The van der Waals surface area contributed by atoms with Gasteiger partial charge in [-0.05, 0) is 49.6 Å². The lowest BCUT2D eigenvalue weighted by atomic mass is 9.97. The molecule has 14 nitrogen and oxygen atoms in total. The third-order valence-electron chi connectivity index (χ3n) is 10.2. The van der Waals surface area contributed by atoms with Crippen LogP contribution in [0.5, 0.6) is 0 Å². The molecule has 0 radical (unpaired) electrons. The fourth-order valence-corrected chi connectivity index (χ4v) is 7.06. The minimum Gasteiger partial charge on any atom is -0.383 e. The first-order chi connectivity index (χ1) is 26.2. The van der Waals surface area contributed by atoms with E-state index in [0.29, 0.717) is 75.7 Å². The van der Waals surface area contributed by atoms with Crippen LogP contribution in [0.15, 0.2) is 54.4 Å². The Hall–Kier alpha value is -5.05. The summed E-state index contributed by atoms with van der Waals surface area (Å²) in [6.45, 7) is 9.52. The van der Waals surface area contributed by atoms with Crippen molar-refractivity contribution in [3.63, 3.8) is 0 Å². The zero-order chi connectivity index (χ0) is 40.4. The quantitative estimate of drug-likeness (QED) is 0.153. The van der Waals surface area contributed by atoms with E-state index in [0.717, 1.165) is 33.0 Å². The Kier molecular flexibility index (Phi) is 15.1. The van der Waals surface area contributed by atoms with Gasteiger partial charge in [0, 0.05) is 88.9 Å². The first-order valence-corrected chi connectivity index (χ1v) is 18.9. The Labute approximate surface area is 328 Å². The molecule has 55 heavy (non-hydrogen) atoms. The Morgan fingerprint density at radius 3 is 2.31 bits per heavy atom. The molecule has 5 N–H and O–H groups in total. The second-order valence-corrected chi connectivity index (χ2v) is 14.5. The second kappa shape index (κ2) is 19.5. The minimum absolute atomic E-state index is 0.0609. The number of imidazole rings is 1. The molecule has 1 aliphatic heterocycles. The Morgan fingerprint density at radius 2 is 1.73 bits per heavy atom. The van der Waals surface area contributed by atoms with Gasteiger partial charge in [-0.25, -0.2) is 4.98 Å². The molecule has 2 atom stereocenters. The number of ether oxygens (including phenoxy) is 1. The fourth-order valence-electron chi connectivity index (χ4n) is 6.80. The van der Waals surface area contributed by atoms with E-state index in [1.54, 1.807) is 59.8 Å². The maximum atomic E-state index is 13.5. The van der Waals surface area contributed by atoms with Crippen LogP contribution < -0.4 is 16.0 Å². The number of aromatic nitrogens is 2. The van der Waals surface area contributed by atoms with Gasteiger partial charge in [0.2, 0.25) is 5.91 Å². The van der Waals surface area contributed by atoms with Crippen molar-refractivity contribution in [1.82, 2.24) is 24.3 Å². The fraction of sp³-hybridized carbons (Fsp3) is 0.450. The normalized spacial score (nSPS) is 14.5. The Bertz CT molecular complexity index is 1900. The van der Waals surface area contributed by atoms with Crippen molar-refractivity contribution < 1.29 is 28.8 Å². The SMILES string of the molecule is CCC(CC[NH+](C)CC(N)=O)C(=O)N1CCN(C(=O)c2ccc(NC(=O)c3ncc(-c4ccc(/C(C(C)=N)=C(\C)N(C)CCOC)cc4)n3C)cc2Cl)CC1. The van der Waals surface area contributed by atoms with E-state index in [2.05, 4.69) is 15.2 Å². The summed E-state index contributed by atoms with van der Waals surface area (Å²) in [7, 11) is 7.30. The van der Waals surface area contributed by atoms with E-state index >= 15 is 0 Å². The zero-order valence-electron chi connectivity index (χ0n) is 33.0. The summed E-state index contributed by atoms with van der Waals surface area (Å²) in [5, 5.41) is 11.5. The highest BCUT2D eigenvalue weighted by molar-refractivity contribution is 6.34. The van der Waals surface area contributed by atoms with Gasteiger partial charge in [0.25, 0.3) is 17.7 Å². The molecule has 0 aliphatic carbocycles. The lowest BCUT2D eigenvalue weighted by Gasteiger charge is -2.36. The molecule has 2 unspecified atom stereocenters. The second-order valence-electron chi connectivity index (χ2n) is 14.1. The van der Waals surface area contributed by atoms with Crippen molar-refractivity contribution in [2.45, 2.75) is 33.6 Å². The molecule has 15 heteroatoms. The van der Waals surface area contributed by atoms with E-state index in [9.17, 15) is 19.2 Å². The van der Waals surface area contributed by atoms with Crippen LogP contribution in [0.4, 0.5) is 5.69 Å². The van der Waals surface area contributed by atoms with Gasteiger partial charge in [-0.15, -0.1) is 0 Å². The lowest BCUT2D eigenvalue weighted by molar-refractivity contribution is -0.871. The van der Waals surface area contributed by atoms with E-state index in [1.807, 2.05) is 52.2 Å². The van der Waals surface area contributed by atoms with Crippen LogP contribution in [0, 0.1) is 11.3 Å². The van der Waals surface area contributed by atoms with Crippen LogP contribution in [0.25, 0.3) is 16.8 Å². The average molecular weight is 777 g/mol. The van der Waals surface area contributed by atoms with E-state index in [1.165, 1.54) is 0 Å². The van der Waals surface area contributed by atoms with Crippen LogP contribution >= 0.6 is 11.6 Å². The highest BCUT2D eigenvalue weighted by Crippen LogP contribution is 2.28. The Balaban J connectivity index is 1.37. The molecule has 1 aliphatic rings. The number of rotatable bonds is 17. The molecule has 4 amide bonds. The number of benzene rings is 2. The van der Waals surface area contributed by atoms with E-state index in [-0.39, 0.29) is 41.0 Å². The molecule has 0 spiro atoms. The van der Waals surface area contributed by atoms with Gasteiger partial charge in [-0.1, -0.05) is 42.8 Å².